The molecule has 0 heterocycles. The lowest BCUT2D eigenvalue weighted by molar-refractivity contribution is -0.138. The average Bonchev–Trinajstić information content (AvgIpc) is 2.70. The van der Waals surface area contributed by atoms with E-state index in [1.807, 2.05) is 6.07 Å². The Hall–Kier alpha value is -2.30. The van der Waals surface area contributed by atoms with Crippen molar-refractivity contribution in [2.75, 3.05) is 0 Å². The number of benzene rings is 2. The summed E-state index contributed by atoms with van der Waals surface area (Å²) in [6.45, 7) is 0. The van der Waals surface area contributed by atoms with Crippen LogP contribution in [0.15, 0.2) is 54.6 Å². The molecule has 0 N–H and O–H groups in total. The lowest BCUT2D eigenvalue weighted by Gasteiger charge is -2.12. The fourth-order valence-corrected chi connectivity index (χ4v) is 2.74. The van der Waals surface area contributed by atoms with Crippen molar-refractivity contribution in [1.29, 1.82) is 10.5 Å². The summed E-state index contributed by atoms with van der Waals surface area (Å²) in [6.07, 6.45) is -5.98. The van der Waals surface area contributed by atoms with Gasteiger partial charge >= 0.3 is 12.4 Å². The Morgan fingerprint density at radius 1 is 0.767 bits per heavy atom. The molecule has 0 aromatic heterocycles. The molecule has 0 aliphatic heterocycles. The summed E-state index contributed by atoms with van der Waals surface area (Å²) in [7, 11) is 0. The fraction of sp³-hybridized carbons (Fsp3) is 0.200. The first-order valence-electron chi connectivity index (χ1n) is 7.98. The molecule has 2 unspecified atom stereocenters. The SMILES string of the molecule is N#CC(Br)C(Br)c1ccc(C(F)(F)F)cc1.N#CC=Cc1ccc(C(F)(F)F)cc1. The number of rotatable bonds is 3. The van der Waals surface area contributed by atoms with E-state index in [9.17, 15) is 26.3 Å². The van der Waals surface area contributed by atoms with Crippen LogP contribution in [0, 0.1) is 22.7 Å². The van der Waals surface area contributed by atoms with Gasteiger partial charge < -0.3 is 0 Å². The van der Waals surface area contributed by atoms with Gasteiger partial charge in [0, 0.05) is 6.08 Å². The maximum atomic E-state index is 12.3. The predicted octanol–water partition coefficient (Wildman–Crippen LogP) is 7.67. The standard InChI is InChI=1S/C10H6Br2F3N.C10H6F3N/c11-8(5-16)9(12)6-1-3-7(4-2-6)10(13,14)15;11-10(12,13)9-5-3-8(4-6-9)2-1-7-14/h1-4,8-9H;1-6H. The first-order chi connectivity index (χ1) is 13.9. The molecular weight excluding hydrogens is 542 g/mol. The maximum Gasteiger partial charge on any atom is 0.416 e. The summed E-state index contributed by atoms with van der Waals surface area (Å²) in [5.41, 5.74) is -0.193. The zero-order valence-corrected chi connectivity index (χ0v) is 18.0. The number of nitrogens with zero attached hydrogens (tertiary/aromatic N) is 2. The van der Waals surface area contributed by atoms with Crippen LogP contribution in [0.3, 0.4) is 0 Å². The molecule has 2 rings (SSSR count). The molecule has 0 spiro atoms. The minimum Gasteiger partial charge on any atom is -0.197 e. The van der Waals surface area contributed by atoms with Crippen molar-refractivity contribution in [3.05, 3.63) is 76.9 Å². The van der Waals surface area contributed by atoms with Gasteiger partial charge in [-0.05, 0) is 41.5 Å². The van der Waals surface area contributed by atoms with Gasteiger partial charge in [0.25, 0.3) is 0 Å². The Balaban J connectivity index is 0.000000303. The van der Waals surface area contributed by atoms with Crippen LogP contribution in [-0.4, -0.2) is 4.83 Å². The highest BCUT2D eigenvalue weighted by Gasteiger charge is 2.31. The largest absolute Gasteiger partial charge is 0.416 e. The zero-order chi connectivity index (χ0) is 22.9. The molecule has 2 aromatic carbocycles. The quantitative estimate of drug-likeness (QED) is 0.222. The summed E-state index contributed by atoms with van der Waals surface area (Å²) in [5, 5.41) is 16.8. The Bertz CT molecular complexity index is 921. The number of nitriles is 2. The summed E-state index contributed by atoms with van der Waals surface area (Å²) in [5.74, 6) is 0. The molecule has 30 heavy (non-hydrogen) atoms. The molecule has 0 saturated heterocycles. The van der Waals surface area contributed by atoms with Crippen LogP contribution in [0.5, 0.6) is 0 Å². The van der Waals surface area contributed by atoms with Crippen LogP contribution in [0.1, 0.15) is 27.1 Å². The lowest BCUT2D eigenvalue weighted by Crippen LogP contribution is -2.07. The predicted molar refractivity (Wildman–Crippen MR) is 108 cm³/mol. The molecule has 0 aliphatic carbocycles. The molecule has 0 bridgehead atoms. The molecule has 0 fully saturated rings. The molecule has 0 saturated carbocycles. The summed E-state index contributed by atoms with van der Waals surface area (Å²) < 4.78 is 73.1. The van der Waals surface area contributed by atoms with Crippen molar-refractivity contribution in [1.82, 2.24) is 0 Å². The van der Waals surface area contributed by atoms with E-state index in [0.717, 1.165) is 24.3 Å². The number of hydrogen-bond acceptors (Lipinski definition) is 2. The van der Waals surface area contributed by atoms with Gasteiger partial charge in [0.05, 0.1) is 28.1 Å². The fourth-order valence-electron chi connectivity index (χ4n) is 2.01. The van der Waals surface area contributed by atoms with Crippen LogP contribution in [0.4, 0.5) is 26.3 Å². The van der Waals surface area contributed by atoms with E-state index in [-0.39, 0.29) is 4.83 Å². The van der Waals surface area contributed by atoms with Crippen molar-refractivity contribution in [2.24, 2.45) is 0 Å². The van der Waals surface area contributed by atoms with Gasteiger partial charge in [-0.2, -0.15) is 36.9 Å². The normalized spacial score (nSPS) is 13.5. The zero-order valence-electron chi connectivity index (χ0n) is 14.8. The van der Waals surface area contributed by atoms with Crippen molar-refractivity contribution in [3.8, 4) is 12.1 Å². The third kappa shape index (κ3) is 8.21. The van der Waals surface area contributed by atoms with E-state index in [2.05, 4.69) is 31.9 Å². The van der Waals surface area contributed by atoms with Crippen molar-refractivity contribution < 1.29 is 26.3 Å². The van der Waals surface area contributed by atoms with Crippen LogP contribution in [-0.2, 0) is 12.4 Å². The van der Waals surface area contributed by atoms with E-state index in [0.29, 0.717) is 11.1 Å². The minimum atomic E-state index is -4.33. The first kappa shape index (κ1) is 25.7. The van der Waals surface area contributed by atoms with Gasteiger partial charge in [0.2, 0.25) is 0 Å². The van der Waals surface area contributed by atoms with Crippen LogP contribution >= 0.6 is 31.9 Å². The highest BCUT2D eigenvalue weighted by molar-refractivity contribution is 9.12. The Morgan fingerprint density at radius 3 is 1.57 bits per heavy atom. The average molecular weight is 554 g/mol. The van der Waals surface area contributed by atoms with Crippen LogP contribution in [0.25, 0.3) is 6.08 Å². The summed E-state index contributed by atoms with van der Waals surface area (Å²) in [4.78, 5) is -0.816. The van der Waals surface area contributed by atoms with Gasteiger partial charge in [-0.3, -0.25) is 0 Å². The Labute approximate surface area is 185 Å². The molecule has 158 valence electrons. The summed E-state index contributed by atoms with van der Waals surface area (Å²) >= 11 is 6.34. The second-order valence-electron chi connectivity index (χ2n) is 5.63. The highest BCUT2D eigenvalue weighted by Crippen LogP contribution is 2.34. The van der Waals surface area contributed by atoms with Crippen molar-refractivity contribution in [2.45, 2.75) is 22.0 Å². The molecule has 0 aliphatic rings. The smallest absolute Gasteiger partial charge is 0.197 e. The molecule has 0 radical (unpaired) electrons. The number of hydrogen-bond donors (Lipinski definition) is 0. The second kappa shape index (κ2) is 11.2. The Morgan fingerprint density at radius 2 is 1.20 bits per heavy atom. The minimum absolute atomic E-state index is 0.334. The van der Waals surface area contributed by atoms with Gasteiger partial charge in [-0.1, -0.05) is 56.1 Å². The van der Waals surface area contributed by atoms with Crippen LogP contribution in [0.2, 0.25) is 0 Å². The molecule has 10 heteroatoms. The third-order valence-corrected chi connectivity index (χ3v) is 6.03. The van der Waals surface area contributed by atoms with Gasteiger partial charge in [-0.25, -0.2) is 0 Å². The number of allylic oxidation sites excluding steroid dienone is 1. The lowest BCUT2D eigenvalue weighted by atomic mass is 10.1. The molecule has 2 nitrogen and oxygen atoms in total. The van der Waals surface area contributed by atoms with E-state index in [4.69, 9.17) is 10.5 Å². The second-order valence-corrected chi connectivity index (χ2v) is 7.61. The first-order valence-corrected chi connectivity index (χ1v) is 9.81. The van der Waals surface area contributed by atoms with Crippen molar-refractivity contribution >= 4 is 37.9 Å². The monoisotopic (exact) mass is 552 g/mol. The topological polar surface area (TPSA) is 47.6 Å². The van der Waals surface area contributed by atoms with Crippen molar-refractivity contribution in [3.63, 3.8) is 0 Å². The van der Waals surface area contributed by atoms with Gasteiger partial charge in [0.15, 0.2) is 0 Å². The van der Waals surface area contributed by atoms with E-state index in [1.165, 1.54) is 36.4 Å². The number of halogens is 8. The third-order valence-electron chi connectivity index (χ3n) is 3.53. The highest BCUT2D eigenvalue weighted by atomic mass is 79.9. The number of alkyl halides is 8. The molecule has 2 aromatic rings. The molecular formula is C20H12Br2F6N2. The van der Waals surface area contributed by atoms with E-state index < -0.39 is 28.3 Å². The van der Waals surface area contributed by atoms with Crippen LogP contribution < -0.4 is 0 Å². The van der Waals surface area contributed by atoms with E-state index >= 15 is 0 Å². The Kier molecular flexibility index (Phi) is 9.60. The van der Waals surface area contributed by atoms with Gasteiger partial charge in [-0.15, -0.1) is 0 Å². The maximum absolute atomic E-state index is 12.3. The van der Waals surface area contributed by atoms with E-state index in [1.54, 1.807) is 6.07 Å². The molecule has 0 amide bonds. The summed E-state index contributed by atoms with van der Waals surface area (Å²) in [6, 6.07) is 13.0. The van der Waals surface area contributed by atoms with Gasteiger partial charge in [0.1, 0.15) is 4.83 Å². The molecule has 2 atom stereocenters.